The van der Waals surface area contributed by atoms with E-state index in [-0.39, 0.29) is 11.7 Å². The normalized spacial score (nSPS) is 14.4. The Labute approximate surface area is 106 Å². The lowest BCUT2D eigenvalue weighted by Crippen LogP contribution is -2.14. The smallest absolute Gasteiger partial charge is 0.166 e. The van der Waals surface area contributed by atoms with Gasteiger partial charge >= 0.3 is 0 Å². The van der Waals surface area contributed by atoms with Gasteiger partial charge in [-0.3, -0.25) is 4.79 Å². The number of Topliss-reactive ketones (excluding diaryl/α,β-unsaturated/α-hetero) is 1. The molecule has 2 N–H and O–H groups in total. The Hall–Kier alpha value is -2.09. The van der Waals surface area contributed by atoms with Crippen LogP contribution in [0.4, 0.5) is 5.69 Å². The molecule has 0 aliphatic heterocycles. The van der Waals surface area contributed by atoms with Crippen LogP contribution in [0.5, 0.6) is 0 Å². The number of rotatable bonds is 2. The van der Waals surface area contributed by atoms with Gasteiger partial charge in [-0.15, -0.1) is 0 Å². The molecule has 0 heterocycles. The average molecular weight is 237 g/mol. The van der Waals surface area contributed by atoms with Gasteiger partial charge in [-0.2, -0.15) is 0 Å². The molecule has 0 unspecified atom stereocenters. The Morgan fingerprint density at radius 3 is 2.06 bits per heavy atom. The summed E-state index contributed by atoms with van der Waals surface area (Å²) in [5, 5.41) is 0. The molecule has 0 atom stereocenters. The molecule has 0 saturated carbocycles. The number of benzene rings is 2. The van der Waals surface area contributed by atoms with Gasteiger partial charge in [0.1, 0.15) is 0 Å². The molecule has 0 bridgehead atoms. The van der Waals surface area contributed by atoms with Crippen LogP contribution >= 0.6 is 0 Å². The van der Waals surface area contributed by atoms with E-state index in [9.17, 15) is 4.79 Å². The van der Waals surface area contributed by atoms with E-state index in [4.69, 9.17) is 5.73 Å². The van der Waals surface area contributed by atoms with Crippen molar-refractivity contribution in [1.82, 2.24) is 0 Å². The molecule has 1 aliphatic rings. The van der Waals surface area contributed by atoms with Crippen LogP contribution in [0.2, 0.25) is 0 Å². The van der Waals surface area contributed by atoms with Crippen molar-refractivity contribution in [3.8, 4) is 0 Å². The summed E-state index contributed by atoms with van der Waals surface area (Å²) in [5.41, 5.74) is 9.72. The minimum atomic E-state index is 0.0889. The predicted octanol–water partition coefficient (Wildman–Crippen LogP) is 2.87. The Balaban J connectivity index is 1.82. The molecule has 0 aromatic heterocycles. The number of carbonyl (C=O) groups excluding carboxylic acids is 1. The molecule has 2 aromatic rings. The highest BCUT2D eigenvalue weighted by atomic mass is 16.1. The summed E-state index contributed by atoms with van der Waals surface area (Å²) in [5.74, 6) is 0.317. The fourth-order valence-electron chi connectivity index (χ4n) is 2.63. The van der Waals surface area contributed by atoms with Crippen LogP contribution in [-0.2, 0) is 12.8 Å². The van der Waals surface area contributed by atoms with Gasteiger partial charge in [0.25, 0.3) is 0 Å². The number of ketones is 1. The molecule has 0 amide bonds. The van der Waals surface area contributed by atoms with Crippen LogP contribution in [-0.4, -0.2) is 5.78 Å². The van der Waals surface area contributed by atoms with E-state index in [1.165, 1.54) is 11.1 Å². The Morgan fingerprint density at radius 2 is 1.50 bits per heavy atom. The van der Waals surface area contributed by atoms with Crippen molar-refractivity contribution in [2.75, 3.05) is 5.73 Å². The number of fused-ring (bicyclic) bond motifs is 1. The van der Waals surface area contributed by atoms with Gasteiger partial charge in [0.05, 0.1) is 0 Å². The zero-order chi connectivity index (χ0) is 12.5. The Kier molecular flexibility index (Phi) is 2.63. The van der Waals surface area contributed by atoms with Crippen LogP contribution in [0.25, 0.3) is 0 Å². The summed E-state index contributed by atoms with van der Waals surface area (Å²) >= 11 is 0. The average Bonchev–Trinajstić information content (AvgIpc) is 2.82. The van der Waals surface area contributed by atoms with Crippen molar-refractivity contribution in [3.05, 3.63) is 65.2 Å². The number of hydrogen-bond acceptors (Lipinski definition) is 2. The Morgan fingerprint density at radius 1 is 0.944 bits per heavy atom. The molecule has 2 heteroatoms. The molecule has 3 rings (SSSR count). The lowest BCUT2D eigenvalue weighted by atomic mass is 9.95. The lowest BCUT2D eigenvalue weighted by molar-refractivity contribution is 0.0925. The van der Waals surface area contributed by atoms with E-state index in [0.717, 1.165) is 18.4 Å². The molecule has 2 nitrogen and oxygen atoms in total. The van der Waals surface area contributed by atoms with E-state index in [2.05, 4.69) is 12.1 Å². The largest absolute Gasteiger partial charge is 0.399 e. The number of nitrogen functional groups attached to an aromatic ring is 1. The standard InChI is InChI=1S/C16H15NO/c17-15-7-5-11(6-8-15)16(18)14-9-12-3-1-2-4-13(12)10-14/h1-8,14H,9-10,17H2. The van der Waals surface area contributed by atoms with Crippen LogP contribution in [0, 0.1) is 5.92 Å². The molecular formula is C16H15NO. The second kappa shape index (κ2) is 4.30. The van der Waals surface area contributed by atoms with Crippen molar-refractivity contribution in [2.45, 2.75) is 12.8 Å². The quantitative estimate of drug-likeness (QED) is 0.644. The summed E-state index contributed by atoms with van der Waals surface area (Å²) in [6, 6.07) is 15.5. The first kappa shape index (κ1) is 11.0. The highest BCUT2D eigenvalue weighted by Crippen LogP contribution is 2.29. The first-order valence-electron chi connectivity index (χ1n) is 6.20. The highest BCUT2D eigenvalue weighted by Gasteiger charge is 2.27. The van der Waals surface area contributed by atoms with Gasteiger partial charge in [0, 0.05) is 17.2 Å². The number of nitrogens with two attached hydrogens (primary N) is 1. The topological polar surface area (TPSA) is 43.1 Å². The van der Waals surface area contributed by atoms with Gasteiger partial charge < -0.3 is 5.73 Å². The molecule has 0 spiro atoms. The molecule has 90 valence electrons. The molecule has 0 fully saturated rings. The molecule has 18 heavy (non-hydrogen) atoms. The van der Waals surface area contributed by atoms with Gasteiger partial charge in [-0.05, 0) is 48.2 Å². The maximum absolute atomic E-state index is 12.4. The van der Waals surface area contributed by atoms with E-state index in [1.54, 1.807) is 12.1 Å². The monoisotopic (exact) mass is 237 g/mol. The first-order chi connectivity index (χ1) is 8.74. The van der Waals surface area contributed by atoms with E-state index >= 15 is 0 Å². The van der Waals surface area contributed by atoms with Crippen molar-refractivity contribution in [2.24, 2.45) is 5.92 Å². The third-order valence-electron chi connectivity index (χ3n) is 3.62. The first-order valence-corrected chi connectivity index (χ1v) is 6.20. The van der Waals surface area contributed by atoms with Gasteiger partial charge in [-0.1, -0.05) is 24.3 Å². The van der Waals surface area contributed by atoms with Crippen LogP contribution in [0.3, 0.4) is 0 Å². The number of hydrogen-bond donors (Lipinski definition) is 1. The highest BCUT2D eigenvalue weighted by molar-refractivity contribution is 5.98. The zero-order valence-electron chi connectivity index (χ0n) is 10.1. The van der Waals surface area contributed by atoms with Gasteiger partial charge in [0.2, 0.25) is 0 Å². The fraction of sp³-hybridized carbons (Fsp3) is 0.188. The second-order valence-electron chi connectivity index (χ2n) is 4.86. The van der Waals surface area contributed by atoms with Crippen molar-refractivity contribution >= 4 is 11.5 Å². The molecule has 1 aliphatic carbocycles. The van der Waals surface area contributed by atoms with Crippen molar-refractivity contribution < 1.29 is 4.79 Å². The lowest BCUT2D eigenvalue weighted by Gasteiger charge is -2.08. The number of carbonyl (C=O) groups is 1. The maximum atomic E-state index is 12.4. The minimum absolute atomic E-state index is 0.0889. The molecule has 0 radical (unpaired) electrons. The number of anilines is 1. The fourth-order valence-corrected chi connectivity index (χ4v) is 2.63. The van der Waals surface area contributed by atoms with Crippen molar-refractivity contribution in [1.29, 1.82) is 0 Å². The minimum Gasteiger partial charge on any atom is -0.399 e. The third-order valence-corrected chi connectivity index (χ3v) is 3.62. The predicted molar refractivity (Wildman–Crippen MR) is 72.5 cm³/mol. The molecule has 0 saturated heterocycles. The summed E-state index contributed by atoms with van der Waals surface area (Å²) < 4.78 is 0. The van der Waals surface area contributed by atoms with Crippen LogP contribution < -0.4 is 5.73 Å². The van der Waals surface area contributed by atoms with Gasteiger partial charge in [0.15, 0.2) is 5.78 Å². The van der Waals surface area contributed by atoms with E-state index < -0.39 is 0 Å². The maximum Gasteiger partial charge on any atom is 0.166 e. The summed E-state index contributed by atoms with van der Waals surface area (Å²) in [6.07, 6.45) is 1.72. The van der Waals surface area contributed by atoms with Crippen LogP contribution in [0.15, 0.2) is 48.5 Å². The Bertz CT molecular complexity index is 561. The van der Waals surface area contributed by atoms with Gasteiger partial charge in [-0.25, -0.2) is 0 Å². The summed E-state index contributed by atoms with van der Waals surface area (Å²) in [7, 11) is 0. The zero-order valence-corrected chi connectivity index (χ0v) is 10.1. The SMILES string of the molecule is Nc1ccc(C(=O)C2Cc3ccccc3C2)cc1. The molecular weight excluding hydrogens is 222 g/mol. The van der Waals surface area contributed by atoms with E-state index in [1.807, 2.05) is 24.3 Å². The van der Waals surface area contributed by atoms with Crippen LogP contribution in [0.1, 0.15) is 21.5 Å². The molecule has 2 aromatic carbocycles. The summed E-state index contributed by atoms with van der Waals surface area (Å²) in [4.78, 5) is 12.4. The second-order valence-corrected chi connectivity index (χ2v) is 4.86. The third kappa shape index (κ3) is 1.90. The summed E-state index contributed by atoms with van der Waals surface area (Å²) in [6.45, 7) is 0. The van der Waals surface area contributed by atoms with Crippen molar-refractivity contribution in [3.63, 3.8) is 0 Å². The van der Waals surface area contributed by atoms with E-state index in [0.29, 0.717) is 5.69 Å².